The largest absolute Gasteiger partial charge is 0.378 e. The summed E-state index contributed by atoms with van der Waals surface area (Å²) in [4.78, 5) is 2.38. The Hall–Kier alpha value is -2.79. The van der Waals surface area contributed by atoms with Gasteiger partial charge in [0.1, 0.15) is 6.17 Å². The molecule has 1 fully saturated rings. The first-order valence-electron chi connectivity index (χ1n) is 9.55. The highest BCUT2D eigenvalue weighted by Crippen LogP contribution is 2.39. The monoisotopic (exact) mass is 360 g/mol. The molecule has 0 aliphatic carbocycles. The molecule has 0 amide bonds. The van der Waals surface area contributed by atoms with Crippen LogP contribution in [-0.2, 0) is 4.74 Å². The van der Waals surface area contributed by atoms with Gasteiger partial charge in [0.15, 0.2) is 0 Å². The molecule has 5 rings (SSSR count). The number of anilines is 2. The van der Waals surface area contributed by atoms with E-state index in [4.69, 9.17) is 9.84 Å². The van der Waals surface area contributed by atoms with Gasteiger partial charge >= 0.3 is 0 Å². The molecule has 5 nitrogen and oxygen atoms in total. The average molecular weight is 360 g/mol. The number of benzene rings is 2. The van der Waals surface area contributed by atoms with Crippen LogP contribution in [0.3, 0.4) is 0 Å². The Morgan fingerprint density at radius 2 is 1.78 bits per heavy atom. The Kier molecular flexibility index (Phi) is 3.90. The van der Waals surface area contributed by atoms with Crippen molar-refractivity contribution in [1.29, 1.82) is 0 Å². The van der Waals surface area contributed by atoms with Crippen molar-refractivity contribution in [2.45, 2.75) is 20.0 Å². The van der Waals surface area contributed by atoms with Crippen LogP contribution in [0.15, 0.2) is 48.5 Å². The van der Waals surface area contributed by atoms with Crippen LogP contribution in [0.4, 0.5) is 11.4 Å². The van der Waals surface area contributed by atoms with Crippen LogP contribution in [0, 0.1) is 13.8 Å². The fourth-order valence-electron chi connectivity index (χ4n) is 4.03. The second-order valence-electron chi connectivity index (χ2n) is 7.40. The first-order chi connectivity index (χ1) is 13.2. The molecule has 0 unspecified atom stereocenters. The number of rotatable bonds is 2. The van der Waals surface area contributed by atoms with Crippen LogP contribution in [0.1, 0.15) is 23.0 Å². The van der Waals surface area contributed by atoms with E-state index in [0.29, 0.717) is 0 Å². The van der Waals surface area contributed by atoms with Crippen molar-refractivity contribution in [3.63, 3.8) is 0 Å². The predicted molar refractivity (Wildman–Crippen MR) is 108 cm³/mol. The van der Waals surface area contributed by atoms with Crippen molar-refractivity contribution in [3.05, 3.63) is 65.4 Å². The fraction of sp³-hybridized carbons (Fsp3) is 0.318. The number of nitrogens with one attached hydrogen (secondary N) is 1. The van der Waals surface area contributed by atoms with Gasteiger partial charge in [-0.2, -0.15) is 5.10 Å². The molecule has 2 aliphatic heterocycles. The van der Waals surface area contributed by atoms with E-state index < -0.39 is 0 Å². The first kappa shape index (κ1) is 16.4. The normalized spacial score (nSPS) is 18.6. The molecular formula is C22H24N4O. The molecule has 1 saturated heterocycles. The zero-order valence-corrected chi connectivity index (χ0v) is 15.8. The van der Waals surface area contributed by atoms with Crippen LogP contribution in [0.2, 0.25) is 0 Å². The molecule has 5 heteroatoms. The van der Waals surface area contributed by atoms with Gasteiger partial charge < -0.3 is 15.0 Å². The number of aryl methyl sites for hydroxylation is 2. The van der Waals surface area contributed by atoms with Gasteiger partial charge in [0.2, 0.25) is 0 Å². The number of ether oxygens (including phenoxy) is 1. The van der Waals surface area contributed by atoms with E-state index in [2.05, 4.69) is 77.3 Å². The number of hydrogen-bond acceptors (Lipinski definition) is 4. The summed E-state index contributed by atoms with van der Waals surface area (Å²) in [6.07, 6.45) is 0.00245. The Labute approximate surface area is 159 Å². The molecule has 138 valence electrons. The van der Waals surface area contributed by atoms with E-state index in [1.54, 1.807) is 0 Å². The summed E-state index contributed by atoms with van der Waals surface area (Å²) in [7, 11) is 0. The number of aromatic nitrogens is 2. The molecule has 3 heterocycles. The van der Waals surface area contributed by atoms with Crippen LogP contribution in [0.5, 0.6) is 0 Å². The number of morpholine rings is 1. The van der Waals surface area contributed by atoms with Gasteiger partial charge in [0.05, 0.1) is 24.6 Å². The van der Waals surface area contributed by atoms with Crippen LogP contribution >= 0.6 is 0 Å². The number of hydrogen-bond donors (Lipinski definition) is 1. The molecule has 0 saturated carbocycles. The third-order valence-corrected chi connectivity index (χ3v) is 5.43. The standard InChI is InChI=1S/C22H24N4O/c1-15-3-8-20-19(13-15)21-14-16(2)24-26(21)22(23-20)17-4-6-18(7-5-17)25-9-11-27-12-10-25/h3-8,13-14,22-23H,9-12H2,1-2H3/t22-/m0/s1. The minimum atomic E-state index is 0.00245. The maximum atomic E-state index is 5.46. The van der Waals surface area contributed by atoms with Gasteiger partial charge in [0, 0.05) is 30.0 Å². The lowest BCUT2D eigenvalue weighted by atomic mass is 10.0. The summed E-state index contributed by atoms with van der Waals surface area (Å²) in [6, 6.07) is 17.6. The highest BCUT2D eigenvalue weighted by atomic mass is 16.5. The van der Waals surface area contributed by atoms with Gasteiger partial charge in [-0.1, -0.05) is 23.8 Å². The van der Waals surface area contributed by atoms with E-state index in [-0.39, 0.29) is 6.17 Å². The summed E-state index contributed by atoms with van der Waals surface area (Å²) < 4.78 is 7.57. The van der Waals surface area contributed by atoms with E-state index in [1.807, 2.05) is 0 Å². The van der Waals surface area contributed by atoms with Gasteiger partial charge in [-0.25, -0.2) is 4.68 Å². The summed E-state index contributed by atoms with van der Waals surface area (Å²) in [5, 5.41) is 8.45. The minimum absolute atomic E-state index is 0.00245. The Balaban J connectivity index is 1.51. The van der Waals surface area contributed by atoms with Crippen molar-refractivity contribution >= 4 is 11.4 Å². The highest BCUT2D eigenvalue weighted by molar-refractivity contribution is 5.79. The summed E-state index contributed by atoms with van der Waals surface area (Å²) in [5.41, 5.74) is 8.32. The maximum absolute atomic E-state index is 5.46. The van der Waals surface area contributed by atoms with Crippen LogP contribution in [0.25, 0.3) is 11.3 Å². The first-order valence-corrected chi connectivity index (χ1v) is 9.55. The molecule has 0 bridgehead atoms. The van der Waals surface area contributed by atoms with Crippen molar-refractivity contribution in [3.8, 4) is 11.3 Å². The quantitative estimate of drug-likeness (QED) is 0.751. The second-order valence-corrected chi connectivity index (χ2v) is 7.40. The van der Waals surface area contributed by atoms with Gasteiger partial charge in [-0.05, 0) is 49.7 Å². The topological polar surface area (TPSA) is 42.3 Å². The predicted octanol–water partition coefficient (Wildman–Crippen LogP) is 3.98. The molecule has 2 aliphatic rings. The molecule has 1 aromatic heterocycles. The van der Waals surface area contributed by atoms with Crippen LogP contribution < -0.4 is 10.2 Å². The van der Waals surface area contributed by atoms with E-state index in [9.17, 15) is 0 Å². The summed E-state index contributed by atoms with van der Waals surface area (Å²) in [5.74, 6) is 0. The van der Waals surface area contributed by atoms with Gasteiger partial charge in [-0.3, -0.25) is 0 Å². The van der Waals surface area contributed by atoms with Gasteiger partial charge in [0.25, 0.3) is 0 Å². The molecule has 0 spiro atoms. The lowest BCUT2D eigenvalue weighted by Crippen LogP contribution is -2.36. The minimum Gasteiger partial charge on any atom is -0.378 e. The summed E-state index contributed by atoms with van der Waals surface area (Å²) in [6.45, 7) is 7.70. The zero-order chi connectivity index (χ0) is 18.4. The van der Waals surface area contributed by atoms with Crippen molar-refractivity contribution in [2.75, 3.05) is 36.5 Å². The highest BCUT2D eigenvalue weighted by Gasteiger charge is 2.26. The molecule has 2 aromatic carbocycles. The SMILES string of the molecule is Cc1ccc2c(c1)-c1cc(C)nn1[C@@H](c1ccc(N3CCOCC3)cc1)N2. The third kappa shape index (κ3) is 2.88. The molecule has 1 atom stereocenters. The molecule has 0 radical (unpaired) electrons. The number of nitrogens with zero attached hydrogens (tertiary/aromatic N) is 3. The average Bonchev–Trinajstić information content (AvgIpc) is 3.10. The molecule has 1 N–H and O–H groups in total. The van der Waals surface area contributed by atoms with Crippen molar-refractivity contribution in [1.82, 2.24) is 9.78 Å². The lowest BCUT2D eigenvalue weighted by molar-refractivity contribution is 0.122. The maximum Gasteiger partial charge on any atom is 0.147 e. The lowest BCUT2D eigenvalue weighted by Gasteiger charge is -2.31. The smallest absolute Gasteiger partial charge is 0.147 e. The summed E-state index contributed by atoms with van der Waals surface area (Å²) >= 11 is 0. The Morgan fingerprint density at radius 1 is 1.00 bits per heavy atom. The van der Waals surface area contributed by atoms with Crippen molar-refractivity contribution in [2.24, 2.45) is 0 Å². The molecular weight excluding hydrogens is 336 g/mol. The van der Waals surface area contributed by atoms with E-state index in [0.717, 1.165) is 37.7 Å². The molecule has 27 heavy (non-hydrogen) atoms. The third-order valence-electron chi connectivity index (χ3n) is 5.43. The van der Waals surface area contributed by atoms with Crippen molar-refractivity contribution < 1.29 is 4.74 Å². The second kappa shape index (κ2) is 6.43. The molecule has 3 aromatic rings. The Morgan fingerprint density at radius 3 is 2.56 bits per heavy atom. The fourth-order valence-corrected chi connectivity index (χ4v) is 4.03. The number of fused-ring (bicyclic) bond motifs is 3. The Bertz CT molecular complexity index is 970. The van der Waals surface area contributed by atoms with Crippen LogP contribution in [-0.4, -0.2) is 36.1 Å². The van der Waals surface area contributed by atoms with E-state index in [1.165, 1.54) is 28.1 Å². The zero-order valence-electron chi connectivity index (χ0n) is 15.8. The van der Waals surface area contributed by atoms with Gasteiger partial charge in [-0.15, -0.1) is 0 Å². The van der Waals surface area contributed by atoms with E-state index >= 15 is 0 Å².